The average molecular weight is 308 g/mol. The molecule has 1 aromatic heterocycles. The lowest BCUT2D eigenvalue weighted by Gasteiger charge is -2.35. The summed E-state index contributed by atoms with van der Waals surface area (Å²) in [6.07, 6.45) is -4.85. The van der Waals surface area contributed by atoms with Crippen LogP contribution in [0.25, 0.3) is 0 Å². The SMILES string of the molecule is CN1CCn2c(C(=O)C(F)(F)F)ccc2C1c1ccccc1. The van der Waals surface area contributed by atoms with Crippen LogP contribution < -0.4 is 0 Å². The van der Waals surface area contributed by atoms with Gasteiger partial charge in [-0.25, -0.2) is 0 Å². The maximum atomic E-state index is 12.7. The van der Waals surface area contributed by atoms with Crippen LogP contribution in [0.5, 0.6) is 0 Å². The highest BCUT2D eigenvalue weighted by atomic mass is 19.4. The minimum Gasteiger partial charge on any atom is -0.339 e. The van der Waals surface area contributed by atoms with Gasteiger partial charge in [-0.05, 0) is 24.7 Å². The summed E-state index contributed by atoms with van der Waals surface area (Å²) in [5.74, 6) is -1.78. The Balaban J connectivity index is 2.06. The van der Waals surface area contributed by atoms with Gasteiger partial charge in [0.15, 0.2) is 0 Å². The van der Waals surface area contributed by atoms with Crippen LogP contribution >= 0.6 is 0 Å². The zero-order chi connectivity index (χ0) is 15.9. The molecule has 22 heavy (non-hydrogen) atoms. The maximum Gasteiger partial charge on any atom is 0.456 e. The van der Waals surface area contributed by atoms with Gasteiger partial charge in [0.2, 0.25) is 0 Å². The van der Waals surface area contributed by atoms with E-state index in [9.17, 15) is 18.0 Å². The van der Waals surface area contributed by atoms with E-state index >= 15 is 0 Å². The van der Waals surface area contributed by atoms with E-state index in [4.69, 9.17) is 0 Å². The lowest BCUT2D eigenvalue weighted by atomic mass is 10.0. The van der Waals surface area contributed by atoms with Gasteiger partial charge in [-0.1, -0.05) is 30.3 Å². The summed E-state index contributed by atoms with van der Waals surface area (Å²) >= 11 is 0. The Labute approximate surface area is 126 Å². The van der Waals surface area contributed by atoms with Gasteiger partial charge in [0.05, 0.1) is 11.7 Å². The molecule has 0 saturated carbocycles. The minimum atomic E-state index is -4.85. The van der Waals surface area contributed by atoms with Crippen LogP contribution in [0.2, 0.25) is 0 Å². The van der Waals surface area contributed by atoms with Gasteiger partial charge >= 0.3 is 6.18 Å². The van der Waals surface area contributed by atoms with Crippen molar-refractivity contribution < 1.29 is 18.0 Å². The molecule has 0 N–H and O–H groups in total. The first kappa shape index (κ1) is 14.8. The molecular weight excluding hydrogens is 293 g/mol. The molecule has 0 amide bonds. The van der Waals surface area contributed by atoms with E-state index in [0.29, 0.717) is 18.8 Å². The molecule has 2 aromatic rings. The number of alkyl halides is 3. The fourth-order valence-corrected chi connectivity index (χ4v) is 2.99. The van der Waals surface area contributed by atoms with Crippen LogP contribution in [0, 0.1) is 0 Å². The average Bonchev–Trinajstić information content (AvgIpc) is 2.89. The lowest BCUT2D eigenvalue weighted by molar-refractivity contribution is -0.0891. The van der Waals surface area contributed by atoms with Gasteiger partial charge in [-0.2, -0.15) is 13.2 Å². The van der Waals surface area contributed by atoms with E-state index < -0.39 is 12.0 Å². The van der Waals surface area contributed by atoms with E-state index in [1.807, 2.05) is 37.4 Å². The van der Waals surface area contributed by atoms with E-state index in [1.54, 1.807) is 6.07 Å². The summed E-state index contributed by atoms with van der Waals surface area (Å²) < 4.78 is 39.6. The number of halogens is 3. The van der Waals surface area contributed by atoms with Gasteiger partial charge in [0, 0.05) is 18.8 Å². The van der Waals surface area contributed by atoms with Gasteiger partial charge in [0.1, 0.15) is 0 Å². The molecule has 0 aliphatic carbocycles. The Bertz CT molecular complexity index is 691. The van der Waals surface area contributed by atoms with Crippen molar-refractivity contribution in [2.24, 2.45) is 0 Å². The molecule has 0 spiro atoms. The number of hydrogen-bond acceptors (Lipinski definition) is 2. The highest BCUT2D eigenvalue weighted by Gasteiger charge is 2.42. The fourth-order valence-electron chi connectivity index (χ4n) is 2.99. The third-order valence-electron chi connectivity index (χ3n) is 4.02. The smallest absolute Gasteiger partial charge is 0.339 e. The summed E-state index contributed by atoms with van der Waals surface area (Å²) in [6.45, 7) is 0.957. The molecule has 1 aromatic carbocycles. The van der Waals surface area contributed by atoms with E-state index in [0.717, 1.165) is 5.56 Å². The van der Waals surface area contributed by atoms with Crippen molar-refractivity contribution in [1.82, 2.24) is 9.47 Å². The lowest BCUT2D eigenvalue weighted by Crippen LogP contribution is -2.37. The monoisotopic (exact) mass is 308 g/mol. The minimum absolute atomic E-state index is 0.148. The van der Waals surface area contributed by atoms with Gasteiger partial charge < -0.3 is 4.57 Å². The summed E-state index contributed by atoms with van der Waals surface area (Å²) in [5, 5.41) is 0. The predicted octanol–water partition coefficient (Wildman–Crippen LogP) is 3.27. The standard InChI is InChI=1S/C16H15F3N2O/c1-20-9-10-21-12(14(20)11-5-3-2-4-6-11)7-8-13(21)15(22)16(17,18)19/h2-8,14H,9-10H2,1H3. The first-order chi connectivity index (χ1) is 10.4. The Kier molecular flexibility index (Phi) is 3.56. The zero-order valence-corrected chi connectivity index (χ0v) is 12.0. The second kappa shape index (κ2) is 5.28. The second-order valence-electron chi connectivity index (χ2n) is 5.42. The molecule has 0 fully saturated rings. The Morgan fingerprint density at radius 3 is 2.41 bits per heavy atom. The molecule has 1 atom stereocenters. The number of likely N-dealkylation sites (N-methyl/N-ethyl adjacent to an activating group) is 1. The molecule has 3 rings (SSSR count). The Morgan fingerprint density at radius 1 is 1.09 bits per heavy atom. The molecule has 2 heterocycles. The normalized spacial score (nSPS) is 19.0. The third kappa shape index (κ3) is 2.43. The highest BCUT2D eigenvalue weighted by molar-refractivity contribution is 5.99. The van der Waals surface area contributed by atoms with Crippen molar-refractivity contribution in [3.63, 3.8) is 0 Å². The largest absolute Gasteiger partial charge is 0.456 e. The molecule has 0 bridgehead atoms. The van der Waals surface area contributed by atoms with Crippen LogP contribution in [0.4, 0.5) is 13.2 Å². The molecule has 0 saturated heterocycles. The molecule has 1 aliphatic rings. The molecule has 116 valence electrons. The Morgan fingerprint density at radius 2 is 1.77 bits per heavy atom. The van der Waals surface area contributed by atoms with Crippen LogP contribution in [0.1, 0.15) is 27.8 Å². The third-order valence-corrected chi connectivity index (χ3v) is 4.02. The summed E-state index contributed by atoms with van der Waals surface area (Å²) in [5.41, 5.74) is 1.43. The van der Waals surface area contributed by atoms with Crippen molar-refractivity contribution in [2.45, 2.75) is 18.8 Å². The van der Waals surface area contributed by atoms with E-state index in [1.165, 1.54) is 10.6 Å². The molecule has 1 aliphatic heterocycles. The molecule has 0 radical (unpaired) electrons. The van der Waals surface area contributed by atoms with E-state index in [2.05, 4.69) is 4.90 Å². The fraction of sp³-hybridized carbons (Fsp3) is 0.312. The van der Waals surface area contributed by atoms with Crippen molar-refractivity contribution in [1.29, 1.82) is 0 Å². The number of rotatable bonds is 2. The van der Waals surface area contributed by atoms with Gasteiger partial charge in [-0.15, -0.1) is 0 Å². The number of ketones is 1. The topological polar surface area (TPSA) is 25.2 Å². The van der Waals surface area contributed by atoms with Crippen molar-refractivity contribution >= 4 is 5.78 Å². The van der Waals surface area contributed by atoms with Gasteiger partial charge in [-0.3, -0.25) is 9.69 Å². The Hall–Kier alpha value is -2.08. The number of fused-ring (bicyclic) bond motifs is 1. The number of Topliss-reactive ketones (excluding diaryl/α,β-unsaturated/α-hetero) is 1. The van der Waals surface area contributed by atoms with Crippen LogP contribution in [0.15, 0.2) is 42.5 Å². The van der Waals surface area contributed by atoms with Crippen LogP contribution in [-0.2, 0) is 6.54 Å². The number of benzene rings is 1. The second-order valence-corrected chi connectivity index (χ2v) is 5.42. The number of hydrogen-bond donors (Lipinski definition) is 0. The number of aromatic nitrogens is 1. The highest BCUT2D eigenvalue weighted by Crippen LogP contribution is 2.34. The van der Waals surface area contributed by atoms with Crippen molar-refractivity contribution in [2.75, 3.05) is 13.6 Å². The predicted molar refractivity (Wildman–Crippen MR) is 75.7 cm³/mol. The summed E-state index contributed by atoms with van der Waals surface area (Å²) in [4.78, 5) is 13.6. The molecule has 3 nitrogen and oxygen atoms in total. The number of carbonyl (C=O) groups excluding carboxylic acids is 1. The quantitative estimate of drug-likeness (QED) is 0.796. The maximum absolute atomic E-state index is 12.7. The van der Waals surface area contributed by atoms with Crippen LogP contribution in [-0.4, -0.2) is 35.0 Å². The molecule has 1 unspecified atom stereocenters. The van der Waals surface area contributed by atoms with Gasteiger partial charge in [0.25, 0.3) is 5.78 Å². The van der Waals surface area contributed by atoms with Crippen molar-refractivity contribution in [3.8, 4) is 0 Å². The zero-order valence-electron chi connectivity index (χ0n) is 12.0. The molecule has 6 heteroatoms. The summed E-state index contributed by atoms with van der Waals surface area (Å²) in [6, 6.07) is 12.3. The van der Waals surface area contributed by atoms with E-state index in [-0.39, 0.29) is 11.7 Å². The first-order valence-corrected chi connectivity index (χ1v) is 6.95. The van der Waals surface area contributed by atoms with Crippen LogP contribution in [0.3, 0.4) is 0 Å². The number of carbonyl (C=O) groups is 1. The van der Waals surface area contributed by atoms with Crippen molar-refractivity contribution in [3.05, 3.63) is 59.4 Å². The number of nitrogens with zero attached hydrogens (tertiary/aromatic N) is 2. The molecular formula is C16H15F3N2O. The first-order valence-electron chi connectivity index (χ1n) is 6.95. The summed E-state index contributed by atoms with van der Waals surface area (Å²) in [7, 11) is 1.93.